The summed E-state index contributed by atoms with van der Waals surface area (Å²) in [6.07, 6.45) is 0. The Labute approximate surface area is 152 Å². The van der Waals surface area contributed by atoms with Crippen molar-refractivity contribution in [2.24, 2.45) is 5.14 Å². The van der Waals surface area contributed by atoms with E-state index in [-0.39, 0.29) is 16.8 Å². The first kappa shape index (κ1) is 18.2. The second-order valence-electron chi connectivity index (χ2n) is 6.44. The van der Waals surface area contributed by atoms with Crippen molar-refractivity contribution < 1.29 is 13.2 Å². The van der Waals surface area contributed by atoms with Crippen molar-refractivity contribution in [3.63, 3.8) is 0 Å². The number of hydrogen-bond acceptors (Lipinski definition) is 3. The first-order valence-corrected chi connectivity index (χ1v) is 9.74. The second-order valence-corrected chi connectivity index (χ2v) is 8.01. The molecule has 1 unspecified atom stereocenters. The van der Waals surface area contributed by atoms with Crippen LogP contribution in [0.25, 0.3) is 10.9 Å². The van der Waals surface area contributed by atoms with Gasteiger partial charge in [0, 0.05) is 22.2 Å². The molecule has 0 aliphatic rings. The van der Waals surface area contributed by atoms with Gasteiger partial charge in [-0.2, -0.15) is 0 Å². The average molecular weight is 371 g/mol. The van der Waals surface area contributed by atoms with Crippen molar-refractivity contribution in [3.8, 4) is 0 Å². The number of nitrogens with one attached hydrogen (secondary N) is 2. The van der Waals surface area contributed by atoms with Crippen LogP contribution in [0.3, 0.4) is 0 Å². The van der Waals surface area contributed by atoms with Gasteiger partial charge in [0.05, 0.1) is 10.9 Å². The molecule has 0 fully saturated rings. The Morgan fingerprint density at radius 3 is 2.38 bits per heavy atom. The quantitative estimate of drug-likeness (QED) is 0.656. The normalized spacial score (nSPS) is 12.9. The van der Waals surface area contributed by atoms with Crippen LogP contribution < -0.4 is 10.5 Å². The monoisotopic (exact) mass is 371 g/mol. The number of aromatic amines is 1. The van der Waals surface area contributed by atoms with Crippen LogP contribution in [0.5, 0.6) is 0 Å². The van der Waals surface area contributed by atoms with Crippen LogP contribution in [0, 0.1) is 13.8 Å². The largest absolute Gasteiger partial charge is 0.358 e. The van der Waals surface area contributed by atoms with Gasteiger partial charge in [-0.15, -0.1) is 0 Å². The van der Waals surface area contributed by atoms with Gasteiger partial charge in [-0.1, -0.05) is 12.1 Å². The molecule has 136 valence electrons. The Balaban J connectivity index is 1.80. The summed E-state index contributed by atoms with van der Waals surface area (Å²) in [5.41, 5.74) is 4.58. The van der Waals surface area contributed by atoms with E-state index < -0.39 is 10.0 Å². The first-order chi connectivity index (χ1) is 12.2. The molecule has 0 aliphatic carbocycles. The zero-order valence-corrected chi connectivity index (χ0v) is 15.6. The highest BCUT2D eigenvalue weighted by atomic mass is 32.2. The van der Waals surface area contributed by atoms with Gasteiger partial charge in [0.25, 0.3) is 5.91 Å². The maximum absolute atomic E-state index is 12.6. The fourth-order valence-corrected chi connectivity index (χ4v) is 3.43. The molecule has 3 rings (SSSR count). The lowest BCUT2D eigenvalue weighted by Gasteiger charge is -2.15. The van der Waals surface area contributed by atoms with E-state index in [1.165, 1.54) is 12.1 Å². The van der Waals surface area contributed by atoms with Gasteiger partial charge < -0.3 is 10.3 Å². The summed E-state index contributed by atoms with van der Waals surface area (Å²) < 4.78 is 22.6. The Bertz CT molecular complexity index is 1080. The number of carbonyl (C=O) groups excluding carboxylic acids is 1. The van der Waals surface area contributed by atoms with Crippen LogP contribution >= 0.6 is 0 Å². The number of carbonyl (C=O) groups is 1. The van der Waals surface area contributed by atoms with Crippen LogP contribution in [0.2, 0.25) is 0 Å². The number of hydrogen-bond donors (Lipinski definition) is 3. The van der Waals surface area contributed by atoms with Gasteiger partial charge in [0.1, 0.15) is 0 Å². The number of H-pyrrole nitrogens is 1. The zero-order valence-electron chi connectivity index (χ0n) is 14.8. The van der Waals surface area contributed by atoms with Crippen LogP contribution in [-0.2, 0) is 10.0 Å². The summed E-state index contributed by atoms with van der Waals surface area (Å²) in [4.78, 5) is 15.9. The van der Waals surface area contributed by atoms with Crippen molar-refractivity contribution in [3.05, 3.63) is 64.8 Å². The molecular formula is C19H21N3O3S. The van der Waals surface area contributed by atoms with E-state index in [1.54, 1.807) is 18.2 Å². The smallest absolute Gasteiger partial charge is 0.251 e. The topological polar surface area (TPSA) is 105 Å². The molecule has 0 aliphatic heterocycles. The Kier molecular flexibility index (Phi) is 4.60. The second kappa shape index (κ2) is 6.59. The van der Waals surface area contributed by atoms with Gasteiger partial charge in [-0.25, -0.2) is 13.6 Å². The Morgan fingerprint density at radius 1 is 1.12 bits per heavy atom. The number of sulfonamides is 1. The molecule has 7 heteroatoms. The maximum Gasteiger partial charge on any atom is 0.251 e. The van der Waals surface area contributed by atoms with E-state index in [4.69, 9.17) is 5.14 Å². The lowest BCUT2D eigenvalue weighted by atomic mass is 10.1. The van der Waals surface area contributed by atoms with Crippen LogP contribution in [0.1, 0.15) is 40.1 Å². The summed E-state index contributed by atoms with van der Waals surface area (Å²) in [6, 6.07) is 11.4. The molecule has 3 aromatic rings. The number of rotatable bonds is 4. The molecule has 2 aromatic carbocycles. The van der Waals surface area contributed by atoms with E-state index in [0.717, 1.165) is 27.7 Å². The van der Waals surface area contributed by atoms with E-state index in [9.17, 15) is 13.2 Å². The highest BCUT2D eigenvalue weighted by molar-refractivity contribution is 7.89. The van der Waals surface area contributed by atoms with Gasteiger partial charge >= 0.3 is 0 Å². The standard InChI is InChI=1S/C19H21N3O3S/c1-11-12(2)21-18-9-6-15(10-17(11)18)19(23)22-13(3)14-4-7-16(8-5-14)26(20,24)25/h4-10,13,21H,1-3H3,(H,22,23)(H2,20,24,25). The number of nitrogens with two attached hydrogens (primary N) is 1. The van der Waals surface area contributed by atoms with Crippen molar-refractivity contribution >= 4 is 26.8 Å². The SMILES string of the molecule is Cc1[nH]c2ccc(C(=O)NC(C)c3ccc(S(N)(=O)=O)cc3)cc2c1C. The molecule has 26 heavy (non-hydrogen) atoms. The van der Waals surface area contributed by atoms with Crippen molar-refractivity contribution in [2.45, 2.75) is 31.7 Å². The third-order valence-corrected chi connectivity index (χ3v) is 5.56. The molecule has 1 aromatic heterocycles. The molecule has 1 atom stereocenters. The molecule has 1 amide bonds. The Morgan fingerprint density at radius 2 is 1.77 bits per heavy atom. The molecule has 6 nitrogen and oxygen atoms in total. The summed E-state index contributed by atoms with van der Waals surface area (Å²) in [5.74, 6) is -0.187. The number of fused-ring (bicyclic) bond motifs is 1. The van der Waals surface area contributed by atoms with Gasteiger partial charge in [0.2, 0.25) is 10.0 Å². The lowest BCUT2D eigenvalue weighted by Crippen LogP contribution is -2.26. The number of benzene rings is 2. The molecule has 1 heterocycles. The van der Waals surface area contributed by atoms with Crippen molar-refractivity contribution in [1.29, 1.82) is 0 Å². The third kappa shape index (κ3) is 3.49. The van der Waals surface area contributed by atoms with Crippen molar-refractivity contribution in [2.75, 3.05) is 0 Å². The highest BCUT2D eigenvalue weighted by Gasteiger charge is 2.14. The summed E-state index contributed by atoms with van der Waals surface area (Å²) in [7, 11) is -3.72. The average Bonchev–Trinajstić information content (AvgIpc) is 2.88. The molecule has 0 saturated carbocycles. The fourth-order valence-electron chi connectivity index (χ4n) is 2.91. The fraction of sp³-hybridized carbons (Fsp3) is 0.211. The minimum Gasteiger partial charge on any atom is -0.358 e. The first-order valence-electron chi connectivity index (χ1n) is 8.19. The van der Waals surface area contributed by atoms with Crippen LogP contribution in [-0.4, -0.2) is 19.3 Å². The molecule has 4 N–H and O–H groups in total. The van der Waals surface area contributed by atoms with Crippen LogP contribution in [0.4, 0.5) is 0 Å². The highest BCUT2D eigenvalue weighted by Crippen LogP contribution is 2.23. The van der Waals surface area contributed by atoms with E-state index in [1.807, 2.05) is 32.9 Å². The van der Waals surface area contributed by atoms with Gasteiger partial charge in [-0.05, 0) is 62.2 Å². The third-order valence-electron chi connectivity index (χ3n) is 4.63. The van der Waals surface area contributed by atoms with E-state index in [0.29, 0.717) is 5.56 Å². The molecular weight excluding hydrogens is 350 g/mol. The van der Waals surface area contributed by atoms with E-state index >= 15 is 0 Å². The van der Waals surface area contributed by atoms with Crippen molar-refractivity contribution in [1.82, 2.24) is 10.3 Å². The van der Waals surface area contributed by atoms with Gasteiger partial charge in [0.15, 0.2) is 0 Å². The number of primary sulfonamides is 1. The Hall–Kier alpha value is -2.64. The minimum atomic E-state index is -3.72. The zero-order chi connectivity index (χ0) is 19.1. The van der Waals surface area contributed by atoms with E-state index in [2.05, 4.69) is 10.3 Å². The molecule has 0 radical (unpaired) electrons. The predicted octanol–water partition coefficient (Wildman–Crippen LogP) is 2.92. The number of aromatic nitrogens is 1. The molecule has 0 spiro atoms. The minimum absolute atomic E-state index is 0.0449. The maximum atomic E-state index is 12.6. The summed E-state index contributed by atoms with van der Waals surface area (Å²) in [5, 5.41) is 9.06. The number of amides is 1. The van der Waals surface area contributed by atoms with Crippen LogP contribution in [0.15, 0.2) is 47.4 Å². The summed E-state index contributed by atoms with van der Waals surface area (Å²) in [6.45, 7) is 5.86. The molecule has 0 saturated heterocycles. The summed E-state index contributed by atoms with van der Waals surface area (Å²) >= 11 is 0. The lowest BCUT2D eigenvalue weighted by molar-refractivity contribution is 0.0940. The predicted molar refractivity (Wildman–Crippen MR) is 101 cm³/mol. The van der Waals surface area contributed by atoms with Gasteiger partial charge in [-0.3, -0.25) is 4.79 Å². The molecule has 0 bridgehead atoms. The number of aryl methyl sites for hydroxylation is 2.